The molecule has 70 valence electrons. The van der Waals surface area contributed by atoms with Crippen molar-refractivity contribution in [2.75, 3.05) is 26.2 Å². The van der Waals surface area contributed by atoms with Gasteiger partial charge in [0, 0.05) is 19.6 Å². The molecule has 2 N–H and O–H groups in total. The summed E-state index contributed by atoms with van der Waals surface area (Å²) in [5, 5.41) is 0. The van der Waals surface area contributed by atoms with E-state index in [4.69, 9.17) is 5.73 Å². The van der Waals surface area contributed by atoms with Crippen LogP contribution in [0.25, 0.3) is 0 Å². The van der Waals surface area contributed by atoms with Gasteiger partial charge in [-0.25, -0.2) is 0 Å². The normalized spacial score (nSPS) is 17.9. The predicted molar refractivity (Wildman–Crippen MR) is 53.0 cm³/mol. The van der Waals surface area contributed by atoms with Crippen molar-refractivity contribution in [3.8, 4) is 0 Å². The standard InChI is InChI=1S/C10H20N2/c1-2-12(8-4-3-7-11)9-10-5-6-10/h3-4,10H,2,5-9,11H2,1H3. The highest BCUT2D eigenvalue weighted by molar-refractivity contribution is 4.87. The molecule has 1 rings (SSSR count). The molecule has 1 fully saturated rings. The average molecular weight is 168 g/mol. The summed E-state index contributed by atoms with van der Waals surface area (Å²) < 4.78 is 0. The summed E-state index contributed by atoms with van der Waals surface area (Å²) in [7, 11) is 0. The van der Waals surface area contributed by atoms with E-state index in [-0.39, 0.29) is 0 Å². The molecule has 1 saturated carbocycles. The van der Waals surface area contributed by atoms with E-state index in [1.807, 2.05) is 6.08 Å². The van der Waals surface area contributed by atoms with Gasteiger partial charge in [0.2, 0.25) is 0 Å². The van der Waals surface area contributed by atoms with Gasteiger partial charge in [0.15, 0.2) is 0 Å². The summed E-state index contributed by atoms with van der Waals surface area (Å²) in [6, 6.07) is 0. The molecule has 0 unspecified atom stereocenters. The minimum absolute atomic E-state index is 0.668. The van der Waals surface area contributed by atoms with Crippen molar-refractivity contribution in [3.63, 3.8) is 0 Å². The molecule has 0 aliphatic heterocycles. The number of nitrogens with two attached hydrogens (primary N) is 1. The van der Waals surface area contributed by atoms with Gasteiger partial charge >= 0.3 is 0 Å². The van der Waals surface area contributed by atoms with Crippen LogP contribution in [0.2, 0.25) is 0 Å². The van der Waals surface area contributed by atoms with Crippen LogP contribution in [0.5, 0.6) is 0 Å². The van der Waals surface area contributed by atoms with E-state index in [1.54, 1.807) is 0 Å². The molecule has 2 nitrogen and oxygen atoms in total. The summed E-state index contributed by atoms with van der Waals surface area (Å²) >= 11 is 0. The third-order valence-corrected chi connectivity index (χ3v) is 2.33. The van der Waals surface area contributed by atoms with Gasteiger partial charge in [-0.3, -0.25) is 4.90 Å². The van der Waals surface area contributed by atoms with Crippen molar-refractivity contribution in [2.24, 2.45) is 11.7 Å². The fourth-order valence-corrected chi connectivity index (χ4v) is 1.32. The molecule has 0 radical (unpaired) electrons. The first-order valence-electron chi connectivity index (χ1n) is 4.94. The second-order valence-corrected chi connectivity index (χ2v) is 3.50. The van der Waals surface area contributed by atoms with Crippen molar-refractivity contribution < 1.29 is 0 Å². The van der Waals surface area contributed by atoms with Gasteiger partial charge in [-0.05, 0) is 25.3 Å². The number of hydrogen-bond donors (Lipinski definition) is 1. The lowest BCUT2D eigenvalue weighted by Crippen LogP contribution is -2.25. The fraction of sp³-hybridized carbons (Fsp3) is 0.800. The van der Waals surface area contributed by atoms with Crippen LogP contribution < -0.4 is 5.73 Å². The maximum atomic E-state index is 5.36. The van der Waals surface area contributed by atoms with Crippen molar-refractivity contribution in [3.05, 3.63) is 12.2 Å². The molecule has 1 aliphatic carbocycles. The molecule has 0 heterocycles. The van der Waals surface area contributed by atoms with E-state index in [9.17, 15) is 0 Å². The lowest BCUT2D eigenvalue weighted by molar-refractivity contribution is 0.305. The van der Waals surface area contributed by atoms with Gasteiger partial charge in [0.1, 0.15) is 0 Å². The van der Waals surface area contributed by atoms with Crippen LogP contribution in [0.1, 0.15) is 19.8 Å². The maximum absolute atomic E-state index is 5.36. The van der Waals surface area contributed by atoms with Crippen LogP contribution in [0, 0.1) is 5.92 Å². The summed E-state index contributed by atoms with van der Waals surface area (Å²) in [6.07, 6.45) is 7.09. The van der Waals surface area contributed by atoms with E-state index in [0.717, 1.165) is 19.0 Å². The summed E-state index contributed by atoms with van der Waals surface area (Å²) in [4.78, 5) is 2.48. The van der Waals surface area contributed by atoms with Crippen LogP contribution in [0.15, 0.2) is 12.2 Å². The molecule has 0 saturated heterocycles. The Bertz CT molecular complexity index is 139. The molecule has 0 aromatic rings. The zero-order chi connectivity index (χ0) is 8.81. The Morgan fingerprint density at radius 1 is 1.42 bits per heavy atom. The first kappa shape index (κ1) is 9.75. The summed E-state index contributed by atoms with van der Waals surface area (Å²) in [5.41, 5.74) is 5.36. The first-order valence-corrected chi connectivity index (χ1v) is 4.94. The molecule has 0 bridgehead atoms. The minimum Gasteiger partial charge on any atom is -0.327 e. The Morgan fingerprint density at radius 3 is 2.67 bits per heavy atom. The lowest BCUT2D eigenvalue weighted by atomic mass is 10.3. The molecular weight excluding hydrogens is 148 g/mol. The highest BCUT2D eigenvalue weighted by Gasteiger charge is 2.22. The Morgan fingerprint density at radius 2 is 2.17 bits per heavy atom. The fourth-order valence-electron chi connectivity index (χ4n) is 1.32. The molecule has 12 heavy (non-hydrogen) atoms. The summed E-state index contributed by atoms with van der Waals surface area (Å²) in [6.45, 7) is 6.40. The van der Waals surface area contributed by atoms with Crippen LogP contribution in [-0.2, 0) is 0 Å². The van der Waals surface area contributed by atoms with Gasteiger partial charge in [0.25, 0.3) is 0 Å². The molecule has 0 aromatic carbocycles. The highest BCUT2D eigenvalue weighted by atomic mass is 15.1. The van der Waals surface area contributed by atoms with Crippen LogP contribution in [0.3, 0.4) is 0 Å². The zero-order valence-corrected chi connectivity index (χ0v) is 8.00. The van der Waals surface area contributed by atoms with Crippen molar-refractivity contribution in [1.82, 2.24) is 4.90 Å². The highest BCUT2D eigenvalue weighted by Crippen LogP contribution is 2.29. The van der Waals surface area contributed by atoms with Crippen molar-refractivity contribution in [1.29, 1.82) is 0 Å². The van der Waals surface area contributed by atoms with E-state index in [1.165, 1.54) is 19.4 Å². The summed E-state index contributed by atoms with van der Waals surface area (Å²) in [5.74, 6) is 0.997. The van der Waals surface area contributed by atoms with Crippen molar-refractivity contribution >= 4 is 0 Å². The molecule has 0 spiro atoms. The number of rotatable bonds is 6. The Labute approximate surface area is 75.4 Å². The van der Waals surface area contributed by atoms with Crippen LogP contribution in [-0.4, -0.2) is 31.1 Å². The third kappa shape index (κ3) is 3.88. The molecule has 0 amide bonds. The number of nitrogens with zero attached hydrogens (tertiary/aromatic N) is 1. The van der Waals surface area contributed by atoms with Gasteiger partial charge in [-0.15, -0.1) is 0 Å². The molecule has 0 atom stereocenters. The Kier molecular flexibility index (Phi) is 4.33. The third-order valence-electron chi connectivity index (χ3n) is 2.33. The molecule has 0 aromatic heterocycles. The zero-order valence-electron chi connectivity index (χ0n) is 8.00. The average Bonchev–Trinajstić information content (AvgIpc) is 2.87. The number of likely N-dealkylation sites (N-methyl/N-ethyl adjacent to an activating group) is 1. The van der Waals surface area contributed by atoms with E-state index in [2.05, 4.69) is 17.9 Å². The first-order chi connectivity index (χ1) is 5.86. The molecular formula is C10H20N2. The van der Waals surface area contributed by atoms with E-state index >= 15 is 0 Å². The van der Waals surface area contributed by atoms with Crippen molar-refractivity contribution in [2.45, 2.75) is 19.8 Å². The van der Waals surface area contributed by atoms with Gasteiger partial charge in [-0.2, -0.15) is 0 Å². The Hall–Kier alpha value is -0.340. The Balaban J connectivity index is 2.10. The predicted octanol–water partition coefficient (Wildman–Crippen LogP) is 1.23. The van der Waals surface area contributed by atoms with Gasteiger partial charge < -0.3 is 5.73 Å². The second kappa shape index (κ2) is 5.33. The lowest BCUT2D eigenvalue weighted by Gasteiger charge is -2.17. The smallest absolute Gasteiger partial charge is 0.0163 e. The SMILES string of the molecule is CCN(CC=CCN)CC1CC1. The molecule has 1 aliphatic rings. The second-order valence-electron chi connectivity index (χ2n) is 3.50. The largest absolute Gasteiger partial charge is 0.327 e. The maximum Gasteiger partial charge on any atom is 0.0163 e. The monoisotopic (exact) mass is 168 g/mol. The van der Waals surface area contributed by atoms with Gasteiger partial charge in [-0.1, -0.05) is 19.1 Å². The molecule has 2 heteroatoms. The quantitative estimate of drug-likeness (QED) is 0.604. The van der Waals surface area contributed by atoms with E-state index in [0.29, 0.717) is 6.54 Å². The van der Waals surface area contributed by atoms with E-state index < -0.39 is 0 Å². The minimum atomic E-state index is 0.668. The topological polar surface area (TPSA) is 29.3 Å². The van der Waals surface area contributed by atoms with Gasteiger partial charge in [0.05, 0.1) is 0 Å². The number of hydrogen-bond acceptors (Lipinski definition) is 2. The van der Waals surface area contributed by atoms with Crippen LogP contribution in [0.4, 0.5) is 0 Å². The van der Waals surface area contributed by atoms with Crippen LogP contribution >= 0.6 is 0 Å².